The van der Waals surface area contributed by atoms with E-state index in [2.05, 4.69) is 10.0 Å². The first-order valence-corrected chi connectivity index (χ1v) is 9.95. The molecule has 0 fully saturated rings. The lowest BCUT2D eigenvalue weighted by Crippen LogP contribution is -2.31. The van der Waals surface area contributed by atoms with Gasteiger partial charge in [-0.25, -0.2) is 13.1 Å². The molecule has 1 heterocycles. The fourth-order valence-electron chi connectivity index (χ4n) is 3.04. The van der Waals surface area contributed by atoms with Gasteiger partial charge in [-0.3, -0.25) is 4.79 Å². The Hall–Kier alpha value is -2.16. The van der Waals surface area contributed by atoms with Crippen LogP contribution in [0.15, 0.2) is 45.9 Å². The highest BCUT2D eigenvalue weighted by atomic mass is 32.2. The van der Waals surface area contributed by atoms with Crippen molar-refractivity contribution in [2.45, 2.75) is 30.2 Å². The van der Waals surface area contributed by atoms with Gasteiger partial charge in [0.15, 0.2) is 0 Å². The second kappa shape index (κ2) is 8.03. The number of fused-ring (bicyclic) bond motifs is 1. The number of ether oxygens (including phenoxy) is 1. The van der Waals surface area contributed by atoms with E-state index in [4.69, 9.17) is 9.15 Å². The van der Waals surface area contributed by atoms with Crippen molar-refractivity contribution < 1.29 is 22.4 Å². The van der Waals surface area contributed by atoms with E-state index in [-0.39, 0.29) is 30.0 Å². The number of nitrogens with one attached hydrogen (secondary N) is 2. The fraction of sp³-hybridized carbons (Fsp3) is 0.389. The fourth-order valence-corrected chi connectivity index (χ4v) is 4.10. The molecule has 7 nitrogen and oxygen atoms in total. The minimum Gasteiger partial charge on any atom is -0.469 e. The number of benzene rings is 1. The van der Waals surface area contributed by atoms with Crippen LogP contribution in [0.3, 0.4) is 0 Å². The van der Waals surface area contributed by atoms with Crippen molar-refractivity contribution in [3.8, 4) is 0 Å². The molecule has 26 heavy (non-hydrogen) atoms. The number of amides is 1. The minimum absolute atomic E-state index is 0.0499. The van der Waals surface area contributed by atoms with E-state index in [0.29, 0.717) is 5.56 Å². The molecule has 3 rings (SSSR count). The van der Waals surface area contributed by atoms with Gasteiger partial charge >= 0.3 is 0 Å². The zero-order valence-corrected chi connectivity index (χ0v) is 15.3. The van der Waals surface area contributed by atoms with E-state index in [1.165, 1.54) is 19.2 Å². The molecule has 0 aliphatic heterocycles. The van der Waals surface area contributed by atoms with Gasteiger partial charge in [-0.15, -0.1) is 0 Å². The number of carbonyl (C=O) groups excluding carboxylic acids is 1. The van der Waals surface area contributed by atoms with Gasteiger partial charge in [0.25, 0.3) is 5.91 Å². The Labute approximate surface area is 152 Å². The predicted molar refractivity (Wildman–Crippen MR) is 95.4 cm³/mol. The Balaban J connectivity index is 1.73. The Kier molecular flexibility index (Phi) is 5.75. The average molecular weight is 378 g/mol. The van der Waals surface area contributed by atoms with Crippen LogP contribution in [0.4, 0.5) is 0 Å². The number of hydrogen-bond donors (Lipinski definition) is 2. The number of rotatable bonds is 7. The summed E-state index contributed by atoms with van der Waals surface area (Å²) in [6, 6.07) is 7.75. The molecule has 2 aromatic rings. The van der Waals surface area contributed by atoms with Crippen LogP contribution in [-0.4, -0.2) is 34.6 Å². The summed E-state index contributed by atoms with van der Waals surface area (Å²) < 4.78 is 37.3. The summed E-state index contributed by atoms with van der Waals surface area (Å²) in [5.41, 5.74) is 1.30. The summed E-state index contributed by atoms with van der Waals surface area (Å²) in [5, 5.41) is 2.97. The summed E-state index contributed by atoms with van der Waals surface area (Å²) in [6.45, 7) is 0.439. The van der Waals surface area contributed by atoms with Gasteiger partial charge in [-0.05, 0) is 37.1 Å². The Morgan fingerprint density at radius 3 is 3.00 bits per heavy atom. The monoisotopic (exact) mass is 378 g/mol. The highest BCUT2D eigenvalue weighted by molar-refractivity contribution is 7.89. The van der Waals surface area contributed by atoms with Gasteiger partial charge in [-0.1, -0.05) is 6.07 Å². The molecular weight excluding hydrogens is 356 g/mol. The van der Waals surface area contributed by atoms with E-state index in [9.17, 15) is 13.2 Å². The third-order valence-corrected chi connectivity index (χ3v) is 5.82. The molecule has 1 aliphatic rings. The molecule has 1 atom stereocenters. The average Bonchev–Trinajstić information content (AvgIpc) is 3.12. The molecular formula is C18H22N2O5S. The second-order valence-corrected chi connectivity index (χ2v) is 7.90. The standard InChI is InChI=1S/C18H22N2O5S/c1-24-11-9-19-26(22,23)14-5-2-4-13(12-14)18(21)20-16-6-3-7-17-15(16)8-10-25-17/h2,4-5,8,10,12,16,19H,3,6-7,9,11H2,1H3,(H,20,21). The summed E-state index contributed by atoms with van der Waals surface area (Å²) in [7, 11) is -2.19. The number of furan rings is 1. The number of hydrogen-bond acceptors (Lipinski definition) is 5. The first-order chi connectivity index (χ1) is 12.5. The molecule has 1 aliphatic carbocycles. The summed E-state index contributed by atoms with van der Waals surface area (Å²) in [6.07, 6.45) is 4.27. The minimum atomic E-state index is -3.69. The molecule has 0 bridgehead atoms. The maximum Gasteiger partial charge on any atom is 0.251 e. The number of aryl methyl sites for hydroxylation is 1. The molecule has 1 aromatic carbocycles. The van der Waals surface area contributed by atoms with Crippen LogP contribution in [0.5, 0.6) is 0 Å². The molecule has 0 saturated carbocycles. The van der Waals surface area contributed by atoms with Crippen LogP contribution in [-0.2, 0) is 21.2 Å². The van der Waals surface area contributed by atoms with Crippen molar-refractivity contribution in [2.75, 3.05) is 20.3 Å². The first-order valence-electron chi connectivity index (χ1n) is 8.47. The van der Waals surface area contributed by atoms with Crippen molar-refractivity contribution in [1.82, 2.24) is 10.0 Å². The van der Waals surface area contributed by atoms with E-state index >= 15 is 0 Å². The van der Waals surface area contributed by atoms with E-state index in [0.717, 1.165) is 30.6 Å². The maximum absolute atomic E-state index is 12.6. The van der Waals surface area contributed by atoms with Crippen molar-refractivity contribution in [1.29, 1.82) is 0 Å². The maximum atomic E-state index is 12.6. The lowest BCUT2D eigenvalue weighted by Gasteiger charge is -2.22. The normalized spacial score (nSPS) is 16.9. The lowest BCUT2D eigenvalue weighted by molar-refractivity contribution is 0.0932. The highest BCUT2D eigenvalue weighted by Gasteiger charge is 2.25. The Morgan fingerprint density at radius 1 is 1.35 bits per heavy atom. The Bertz CT molecular complexity index is 875. The zero-order valence-electron chi connectivity index (χ0n) is 14.5. The number of methoxy groups -OCH3 is 1. The summed E-state index contributed by atoms with van der Waals surface area (Å²) in [5.74, 6) is 0.596. The highest BCUT2D eigenvalue weighted by Crippen LogP contribution is 2.30. The molecule has 0 spiro atoms. The SMILES string of the molecule is COCCNS(=O)(=O)c1cccc(C(=O)NC2CCCc3occc32)c1. The van der Waals surface area contributed by atoms with Crippen LogP contribution >= 0.6 is 0 Å². The summed E-state index contributed by atoms with van der Waals surface area (Å²) in [4.78, 5) is 12.7. The van der Waals surface area contributed by atoms with Crippen LogP contribution in [0.1, 0.15) is 40.6 Å². The van der Waals surface area contributed by atoms with Crippen LogP contribution in [0.2, 0.25) is 0 Å². The zero-order chi connectivity index (χ0) is 18.6. The molecule has 0 radical (unpaired) electrons. The van der Waals surface area contributed by atoms with Gasteiger partial charge in [-0.2, -0.15) is 0 Å². The summed E-state index contributed by atoms with van der Waals surface area (Å²) >= 11 is 0. The lowest BCUT2D eigenvalue weighted by atomic mass is 9.93. The van der Waals surface area contributed by atoms with E-state index < -0.39 is 10.0 Å². The van der Waals surface area contributed by atoms with Crippen molar-refractivity contribution in [3.63, 3.8) is 0 Å². The van der Waals surface area contributed by atoms with Gasteiger partial charge in [0.1, 0.15) is 5.76 Å². The van der Waals surface area contributed by atoms with E-state index in [1.807, 2.05) is 6.07 Å². The van der Waals surface area contributed by atoms with E-state index in [1.54, 1.807) is 18.4 Å². The third kappa shape index (κ3) is 4.14. The van der Waals surface area contributed by atoms with Crippen molar-refractivity contribution in [2.24, 2.45) is 0 Å². The first kappa shape index (κ1) is 18.6. The topological polar surface area (TPSA) is 97.6 Å². The van der Waals surface area contributed by atoms with Crippen molar-refractivity contribution in [3.05, 3.63) is 53.5 Å². The van der Waals surface area contributed by atoms with Crippen LogP contribution < -0.4 is 10.0 Å². The molecule has 1 unspecified atom stereocenters. The second-order valence-electron chi connectivity index (χ2n) is 6.14. The van der Waals surface area contributed by atoms with Gasteiger partial charge in [0.05, 0.1) is 23.8 Å². The molecule has 1 amide bonds. The smallest absolute Gasteiger partial charge is 0.251 e. The van der Waals surface area contributed by atoms with Gasteiger partial charge in [0.2, 0.25) is 10.0 Å². The van der Waals surface area contributed by atoms with Crippen molar-refractivity contribution >= 4 is 15.9 Å². The molecule has 2 N–H and O–H groups in total. The molecule has 8 heteroatoms. The van der Waals surface area contributed by atoms with Crippen LogP contribution in [0, 0.1) is 0 Å². The molecule has 140 valence electrons. The van der Waals surface area contributed by atoms with Gasteiger partial charge in [0, 0.05) is 31.2 Å². The predicted octanol–water partition coefficient (Wildman–Crippen LogP) is 2.01. The quantitative estimate of drug-likeness (QED) is 0.719. The van der Waals surface area contributed by atoms with Gasteiger partial charge < -0.3 is 14.5 Å². The molecule has 0 saturated heterocycles. The Morgan fingerprint density at radius 2 is 2.19 bits per heavy atom. The van der Waals surface area contributed by atoms with Crippen LogP contribution in [0.25, 0.3) is 0 Å². The number of sulfonamides is 1. The largest absolute Gasteiger partial charge is 0.469 e. The molecule has 1 aromatic heterocycles. The number of carbonyl (C=O) groups is 1. The third-order valence-electron chi connectivity index (χ3n) is 4.36.